The zero-order valence-corrected chi connectivity index (χ0v) is 14.9. The van der Waals surface area contributed by atoms with Crippen molar-refractivity contribution in [3.05, 3.63) is 33.8 Å². The second-order valence-corrected chi connectivity index (χ2v) is 8.12. The van der Waals surface area contributed by atoms with Gasteiger partial charge in [-0.2, -0.15) is 4.31 Å². The molecule has 1 aliphatic rings. The smallest absolute Gasteiger partial charge is 0.252 e. The molecule has 1 fully saturated rings. The van der Waals surface area contributed by atoms with E-state index in [1.807, 2.05) is 0 Å². The fourth-order valence-electron chi connectivity index (χ4n) is 2.30. The van der Waals surface area contributed by atoms with E-state index in [1.54, 1.807) is 13.0 Å². The topological polar surface area (TPSA) is 75.7 Å². The van der Waals surface area contributed by atoms with Crippen LogP contribution in [0.1, 0.15) is 17.3 Å². The fraction of sp³-hybridized carbons (Fsp3) is 0.500. The van der Waals surface area contributed by atoms with E-state index in [0.717, 1.165) is 0 Å². The monoisotopic (exact) mass is 380 g/mol. The van der Waals surface area contributed by atoms with Gasteiger partial charge in [-0.3, -0.25) is 4.79 Å². The Labute approximate surface area is 145 Å². The van der Waals surface area contributed by atoms with Gasteiger partial charge in [0.2, 0.25) is 10.0 Å². The number of carbonyl (C=O) groups excluding carboxylic acids is 1. The number of rotatable bonds is 5. The maximum Gasteiger partial charge on any atom is 0.252 e. The maximum absolute atomic E-state index is 12.3. The molecular formula is C14H18Cl2N2O4S. The van der Waals surface area contributed by atoms with Crippen molar-refractivity contribution in [2.45, 2.75) is 13.0 Å². The largest absolute Gasteiger partial charge is 0.378 e. The third kappa shape index (κ3) is 4.81. The molecule has 0 spiro atoms. The number of ether oxygens (including phenoxy) is 1. The molecule has 1 saturated heterocycles. The number of hydrogen-bond acceptors (Lipinski definition) is 4. The van der Waals surface area contributed by atoms with Crippen LogP contribution in [0.4, 0.5) is 0 Å². The third-order valence-corrected chi connectivity index (χ3v) is 6.01. The minimum Gasteiger partial charge on any atom is -0.378 e. The second kappa shape index (κ2) is 7.81. The summed E-state index contributed by atoms with van der Waals surface area (Å²) in [5.41, 5.74) is 0.258. The minimum absolute atomic E-state index is 0.00417. The van der Waals surface area contributed by atoms with E-state index in [1.165, 1.54) is 16.4 Å². The van der Waals surface area contributed by atoms with Crippen molar-refractivity contribution >= 4 is 39.1 Å². The molecule has 6 nitrogen and oxygen atoms in total. The fourth-order valence-corrected chi connectivity index (χ4v) is 4.36. The highest BCUT2D eigenvalue weighted by molar-refractivity contribution is 7.89. The highest BCUT2D eigenvalue weighted by Crippen LogP contribution is 2.20. The first kappa shape index (κ1) is 18.5. The molecule has 0 aromatic heterocycles. The quantitative estimate of drug-likeness (QED) is 0.844. The normalized spacial score (nSPS) is 19.5. The summed E-state index contributed by atoms with van der Waals surface area (Å²) in [6, 6.07) is 4.31. The summed E-state index contributed by atoms with van der Waals surface area (Å²) in [6.07, 6.45) is 0. The number of sulfonamides is 1. The number of amides is 1. The van der Waals surface area contributed by atoms with Crippen LogP contribution in [0.25, 0.3) is 0 Å². The molecule has 128 valence electrons. The first-order valence-corrected chi connectivity index (χ1v) is 9.48. The summed E-state index contributed by atoms with van der Waals surface area (Å²) in [6.45, 7) is 2.90. The molecule has 1 unspecified atom stereocenters. The van der Waals surface area contributed by atoms with Crippen molar-refractivity contribution in [2.24, 2.45) is 0 Å². The first-order chi connectivity index (χ1) is 10.8. The molecule has 1 amide bonds. The van der Waals surface area contributed by atoms with Crippen LogP contribution in [0.3, 0.4) is 0 Å². The number of nitrogens with one attached hydrogen (secondary N) is 1. The van der Waals surface area contributed by atoms with E-state index < -0.39 is 15.9 Å². The zero-order chi connectivity index (χ0) is 17.0. The van der Waals surface area contributed by atoms with Crippen LogP contribution in [0.15, 0.2) is 18.2 Å². The van der Waals surface area contributed by atoms with Crippen LogP contribution in [0, 0.1) is 0 Å². The molecule has 0 radical (unpaired) electrons. The standard InChI is InChI=1S/C14H18Cl2N2O4S/c1-10-9-22-6-5-18(10)23(20,21)7-4-17-14(19)12-3-2-11(15)8-13(12)16/h2-3,8,10H,4-7,9H2,1H3,(H,17,19). The molecule has 2 rings (SSSR count). The van der Waals surface area contributed by atoms with Gasteiger partial charge in [-0.15, -0.1) is 0 Å². The molecule has 1 N–H and O–H groups in total. The lowest BCUT2D eigenvalue weighted by Gasteiger charge is -2.32. The van der Waals surface area contributed by atoms with Gasteiger partial charge in [0.1, 0.15) is 0 Å². The van der Waals surface area contributed by atoms with E-state index in [4.69, 9.17) is 27.9 Å². The third-order valence-electron chi connectivity index (χ3n) is 3.49. The summed E-state index contributed by atoms with van der Waals surface area (Å²) in [5, 5.41) is 3.21. The molecule has 0 bridgehead atoms. The van der Waals surface area contributed by atoms with Crippen LogP contribution in [-0.4, -0.2) is 56.7 Å². The van der Waals surface area contributed by atoms with Gasteiger partial charge >= 0.3 is 0 Å². The van der Waals surface area contributed by atoms with E-state index in [9.17, 15) is 13.2 Å². The molecular weight excluding hydrogens is 363 g/mol. The van der Waals surface area contributed by atoms with E-state index in [2.05, 4.69) is 5.32 Å². The first-order valence-electron chi connectivity index (χ1n) is 7.12. The van der Waals surface area contributed by atoms with Crippen molar-refractivity contribution in [2.75, 3.05) is 32.1 Å². The Balaban J connectivity index is 1.92. The Morgan fingerprint density at radius 1 is 1.43 bits per heavy atom. The van der Waals surface area contributed by atoms with Crippen LogP contribution >= 0.6 is 23.2 Å². The molecule has 1 heterocycles. The van der Waals surface area contributed by atoms with Gasteiger partial charge in [0.05, 0.1) is 29.6 Å². The molecule has 1 atom stereocenters. The van der Waals surface area contributed by atoms with Crippen molar-refractivity contribution < 1.29 is 17.9 Å². The Bertz CT molecular complexity index is 681. The number of benzene rings is 1. The summed E-state index contributed by atoms with van der Waals surface area (Å²) in [7, 11) is -3.44. The average Bonchev–Trinajstić information content (AvgIpc) is 2.47. The highest BCUT2D eigenvalue weighted by Gasteiger charge is 2.29. The Kier molecular flexibility index (Phi) is 6.27. The second-order valence-electron chi connectivity index (χ2n) is 5.23. The molecule has 0 saturated carbocycles. The van der Waals surface area contributed by atoms with Crippen molar-refractivity contribution in [1.82, 2.24) is 9.62 Å². The predicted octanol–water partition coefficient (Wildman–Crippen LogP) is 1.77. The average molecular weight is 381 g/mol. The number of morpholine rings is 1. The van der Waals surface area contributed by atoms with Crippen LogP contribution < -0.4 is 5.32 Å². The van der Waals surface area contributed by atoms with Gasteiger partial charge in [0.25, 0.3) is 5.91 Å². The summed E-state index contributed by atoms with van der Waals surface area (Å²) in [4.78, 5) is 12.0. The van der Waals surface area contributed by atoms with Crippen LogP contribution in [-0.2, 0) is 14.8 Å². The predicted molar refractivity (Wildman–Crippen MR) is 89.6 cm³/mol. The van der Waals surface area contributed by atoms with Gasteiger partial charge < -0.3 is 10.1 Å². The van der Waals surface area contributed by atoms with Gasteiger partial charge in [-0.25, -0.2) is 8.42 Å². The molecule has 1 aliphatic heterocycles. The zero-order valence-electron chi connectivity index (χ0n) is 12.6. The van der Waals surface area contributed by atoms with E-state index >= 15 is 0 Å². The summed E-state index contributed by atoms with van der Waals surface area (Å²) in [5.74, 6) is -0.606. The molecule has 0 aliphatic carbocycles. The lowest BCUT2D eigenvalue weighted by atomic mass is 10.2. The number of hydrogen-bond donors (Lipinski definition) is 1. The summed E-state index contributed by atoms with van der Waals surface area (Å²) < 4.78 is 31.2. The Morgan fingerprint density at radius 2 is 2.17 bits per heavy atom. The van der Waals surface area contributed by atoms with E-state index in [-0.39, 0.29) is 28.9 Å². The minimum atomic E-state index is -3.44. The molecule has 9 heteroatoms. The maximum atomic E-state index is 12.3. The van der Waals surface area contributed by atoms with Crippen molar-refractivity contribution in [3.63, 3.8) is 0 Å². The van der Waals surface area contributed by atoms with Crippen LogP contribution in [0.5, 0.6) is 0 Å². The Morgan fingerprint density at radius 3 is 2.83 bits per heavy atom. The van der Waals surface area contributed by atoms with Gasteiger partial charge in [0.15, 0.2) is 0 Å². The SMILES string of the molecule is CC1COCCN1S(=O)(=O)CCNC(=O)c1ccc(Cl)cc1Cl. The number of halogens is 2. The number of carbonyl (C=O) groups is 1. The Hall–Kier alpha value is -0.860. The lowest BCUT2D eigenvalue weighted by Crippen LogP contribution is -2.49. The molecule has 1 aromatic carbocycles. The molecule has 23 heavy (non-hydrogen) atoms. The van der Waals surface area contributed by atoms with E-state index in [0.29, 0.717) is 24.8 Å². The summed E-state index contributed by atoms with van der Waals surface area (Å²) >= 11 is 11.7. The van der Waals surface area contributed by atoms with Gasteiger partial charge in [0, 0.05) is 24.2 Å². The van der Waals surface area contributed by atoms with Gasteiger partial charge in [-0.1, -0.05) is 23.2 Å². The highest BCUT2D eigenvalue weighted by atomic mass is 35.5. The lowest BCUT2D eigenvalue weighted by molar-refractivity contribution is 0.0393. The van der Waals surface area contributed by atoms with Crippen LogP contribution in [0.2, 0.25) is 10.0 Å². The molecule has 1 aromatic rings. The van der Waals surface area contributed by atoms with Gasteiger partial charge in [-0.05, 0) is 25.1 Å². The number of nitrogens with zero attached hydrogens (tertiary/aromatic N) is 1. The van der Waals surface area contributed by atoms with Crippen molar-refractivity contribution in [1.29, 1.82) is 0 Å². The van der Waals surface area contributed by atoms with Crippen molar-refractivity contribution in [3.8, 4) is 0 Å².